The third-order valence-electron chi connectivity index (χ3n) is 4.13. The molecule has 2 rings (SSSR count). The largest absolute Gasteiger partial charge is 0.384 e. The zero-order chi connectivity index (χ0) is 13.8. The number of nitrogens with zero attached hydrogens (tertiary/aromatic N) is 1. The first-order chi connectivity index (χ1) is 9.08. The van der Waals surface area contributed by atoms with E-state index in [9.17, 15) is 10.1 Å². The van der Waals surface area contributed by atoms with Crippen molar-refractivity contribution in [3.63, 3.8) is 0 Å². The van der Waals surface area contributed by atoms with E-state index >= 15 is 0 Å². The van der Waals surface area contributed by atoms with E-state index in [4.69, 9.17) is 0 Å². The Morgan fingerprint density at radius 3 is 2.89 bits per heavy atom. The Labute approximate surface area is 114 Å². The van der Waals surface area contributed by atoms with Gasteiger partial charge in [0, 0.05) is 23.9 Å². The molecule has 4 nitrogen and oxygen atoms in total. The number of nitrogens with one attached hydrogen (secondary N) is 1. The fourth-order valence-corrected chi connectivity index (χ4v) is 3.01. The summed E-state index contributed by atoms with van der Waals surface area (Å²) in [6.07, 6.45) is 5.18. The number of benzene rings is 1. The van der Waals surface area contributed by atoms with Gasteiger partial charge in [-0.05, 0) is 37.7 Å². The van der Waals surface area contributed by atoms with Gasteiger partial charge >= 0.3 is 0 Å². The van der Waals surface area contributed by atoms with Crippen LogP contribution in [0.1, 0.15) is 38.2 Å². The second-order valence-corrected chi connectivity index (χ2v) is 5.73. The van der Waals surface area contributed by atoms with Crippen LogP contribution in [-0.4, -0.2) is 11.5 Å². The topological polar surface area (TPSA) is 55.2 Å². The van der Waals surface area contributed by atoms with Gasteiger partial charge in [0.25, 0.3) is 5.69 Å². The normalized spacial score (nSPS) is 23.1. The fraction of sp³-hybridized carbons (Fsp3) is 0.600. The smallest absolute Gasteiger partial charge is 0.274 e. The number of hydrogen-bond donors (Lipinski definition) is 1. The summed E-state index contributed by atoms with van der Waals surface area (Å²) in [5, 5.41) is 14.3. The lowest BCUT2D eigenvalue weighted by atomic mass is 9.82. The predicted molar refractivity (Wildman–Crippen MR) is 77.4 cm³/mol. The second-order valence-electron chi connectivity index (χ2n) is 5.73. The molecule has 0 heterocycles. The molecule has 4 heteroatoms. The molecule has 0 aliphatic heterocycles. The van der Waals surface area contributed by atoms with Gasteiger partial charge in [-0.25, -0.2) is 0 Å². The van der Waals surface area contributed by atoms with E-state index in [0.717, 1.165) is 23.7 Å². The molecule has 1 fully saturated rings. The highest BCUT2D eigenvalue weighted by Crippen LogP contribution is 2.30. The molecule has 1 aliphatic carbocycles. The molecule has 19 heavy (non-hydrogen) atoms. The standard InChI is InChI=1S/C15H22N2O2/c1-11-5-3-6-13(9-11)10-16-14-7-4-8-15(12(14)2)17(18)19/h4,7-8,11,13,16H,3,5-6,9-10H2,1-2H3. The van der Waals surface area contributed by atoms with Crippen molar-refractivity contribution in [2.75, 3.05) is 11.9 Å². The molecule has 104 valence electrons. The molecule has 1 aliphatic rings. The molecule has 2 atom stereocenters. The first-order valence-electron chi connectivity index (χ1n) is 7.05. The third-order valence-corrected chi connectivity index (χ3v) is 4.13. The van der Waals surface area contributed by atoms with Gasteiger partial charge in [0.1, 0.15) is 0 Å². The summed E-state index contributed by atoms with van der Waals surface area (Å²) < 4.78 is 0. The molecule has 1 N–H and O–H groups in total. The van der Waals surface area contributed by atoms with Gasteiger partial charge in [-0.1, -0.05) is 25.8 Å². The zero-order valence-electron chi connectivity index (χ0n) is 11.7. The number of anilines is 1. The third kappa shape index (κ3) is 3.46. The van der Waals surface area contributed by atoms with E-state index < -0.39 is 0 Å². The predicted octanol–water partition coefficient (Wildman–Crippen LogP) is 4.14. The van der Waals surface area contributed by atoms with Gasteiger partial charge < -0.3 is 5.32 Å². The summed E-state index contributed by atoms with van der Waals surface area (Å²) in [5.41, 5.74) is 1.82. The molecule has 0 aromatic heterocycles. The maximum Gasteiger partial charge on any atom is 0.274 e. The molecule has 0 saturated heterocycles. The maximum absolute atomic E-state index is 10.9. The molecule has 0 bridgehead atoms. The molecule has 2 unspecified atom stereocenters. The minimum Gasteiger partial charge on any atom is -0.384 e. The molecule has 1 aromatic rings. The van der Waals surface area contributed by atoms with Crippen LogP contribution in [0.15, 0.2) is 18.2 Å². The van der Waals surface area contributed by atoms with Gasteiger partial charge in [0.05, 0.1) is 4.92 Å². The van der Waals surface area contributed by atoms with Crippen LogP contribution in [0.3, 0.4) is 0 Å². The monoisotopic (exact) mass is 262 g/mol. The van der Waals surface area contributed by atoms with Crippen LogP contribution in [0.25, 0.3) is 0 Å². The molecule has 1 aromatic carbocycles. The Hall–Kier alpha value is -1.58. The van der Waals surface area contributed by atoms with Crippen LogP contribution in [0, 0.1) is 28.9 Å². The van der Waals surface area contributed by atoms with Crippen molar-refractivity contribution >= 4 is 11.4 Å². The number of nitro benzene ring substituents is 1. The summed E-state index contributed by atoms with van der Waals surface area (Å²) in [4.78, 5) is 10.6. The van der Waals surface area contributed by atoms with Crippen molar-refractivity contribution in [3.05, 3.63) is 33.9 Å². The van der Waals surface area contributed by atoms with Crippen molar-refractivity contribution in [1.29, 1.82) is 0 Å². The van der Waals surface area contributed by atoms with Crippen molar-refractivity contribution in [2.45, 2.75) is 39.5 Å². The summed E-state index contributed by atoms with van der Waals surface area (Å²) in [7, 11) is 0. The first kappa shape index (κ1) is 13.8. The summed E-state index contributed by atoms with van der Waals surface area (Å²) in [6, 6.07) is 5.23. The maximum atomic E-state index is 10.9. The van der Waals surface area contributed by atoms with E-state index in [0.29, 0.717) is 5.92 Å². The van der Waals surface area contributed by atoms with E-state index in [1.807, 2.05) is 13.0 Å². The van der Waals surface area contributed by atoms with E-state index in [2.05, 4.69) is 12.2 Å². The second kappa shape index (κ2) is 6.04. The fourth-order valence-electron chi connectivity index (χ4n) is 3.01. The average Bonchev–Trinajstić information content (AvgIpc) is 2.37. The van der Waals surface area contributed by atoms with Gasteiger partial charge in [-0.2, -0.15) is 0 Å². The number of nitro groups is 1. The van der Waals surface area contributed by atoms with Crippen LogP contribution in [-0.2, 0) is 0 Å². The first-order valence-corrected chi connectivity index (χ1v) is 7.05. The van der Waals surface area contributed by atoms with Crippen molar-refractivity contribution in [1.82, 2.24) is 0 Å². The molecule has 1 saturated carbocycles. The van der Waals surface area contributed by atoms with E-state index in [1.165, 1.54) is 25.7 Å². The van der Waals surface area contributed by atoms with E-state index in [-0.39, 0.29) is 10.6 Å². The molecular formula is C15H22N2O2. The number of hydrogen-bond acceptors (Lipinski definition) is 3. The Morgan fingerprint density at radius 1 is 1.42 bits per heavy atom. The van der Waals surface area contributed by atoms with Gasteiger partial charge in [0.2, 0.25) is 0 Å². The SMILES string of the molecule is Cc1c(NCC2CCCC(C)C2)cccc1[N+](=O)[O-]. The van der Waals surface area contributed by atoms with E-state index in [1.54, 1.807) is 12.1 Å². The van der Waals surface area contributed by atoms with Crippen molar-refractivity contribution in [3.8, 4) is 0 Å². The summed E-state index contributed by atoms with van der Waals surface area (Å²) in [5.74, 6) is 1.51. The average molecular weight is 262 g/mol. The quantitative estimate of drug-likeness (QED) is 0.655. The molecule has 0 amide bonds. The highest BCUT2D eigenvalue weighted by Gasteiger charge is 2.19. The van der Waals surface area contributed by atoms with Crippen LogP contribution in [0.2, 0.25) is 0 Å². The lowest BCUT2D eigenvalue weighted by Crippen LogP contribution is -2.21. The Bertz CT molecular complexity index is 459. The Balaban J connectivity index is 1.99. The minimum atomic E-state index is -0.316. The van der Waals surface area contributed by atoms with Gasteiger partial charge in [-0.3, -0.25) is 10.1 Å². The summed E-state index contributed by atoms with van der Waals surface area (Å²) in [6.45, 7) is 5.04. The molecular weight excluding hydrogens is 240 g/mol. The highest BCUT2D eigenvalue weighted by molar-refractivity contribution is 5.59. The minimum absolute atomic E-state index is 0.196. The lowest BCUT2D eigenvalue weighted by Gasteiger charge is -2.27. The van der Waals surface area contributed by atoms with Crippen LogP contribution in [0.4, 0.5) is 11.4 Å². The summed E-state index contributed by atoms with van der Waals surface area (Å²) >= 11 is 0. The van der Waals surface area contributed by atoms with Gasteiger partial charge in [-0.15, -0.1) is 0 Å². The van der Waals surface area contributed by atoms with Crippen LogP contribution in [0.5, 0.6) is 0 Å². The Morgan fingerprint density at radius 2 is 2.21 bits per heavy atom. The van der Waals surface area contributed by atoms with Gasteiger partial charge in [0.15, 0.2) is 0 Å². The highest BCUT2D eigenvalue weighted by atomic mass is 16.6. The van der Waals surface area contributed by atoms with Crippen LogP contribution >= 0.6 is 0 Å². The van der Waals surface area contributed by atoms with Crippen molar-refractivity contribution < 1.29 is 4.92 Å². The Kier molecular flexibility index (Phi) is 4.40. The lowest BCUT2D eigenvalue weighted by molar-refractivity contribution is -0.385. The molecule has 0 radical (unpaired) electrons. The molecule has 0 spiro atoms. The van der Waals surface area contributed by atoms with Crippen molar-refractivity contribution in [2.24, 2.45) is 11.8 Å². The zero-order valence-corrected chi connectivity index (χ0v) is 11.7. The number of rotatable bonds is 4. The van der Waals surface area contributed by atoms with Crippen LogP contribution < -0.4 is 5.32 Å².